The van der Waals surface area contributed by atoms with Crippen molar-refractivity contribution >= 4 is 51.8 Å². The maximum Gasteiger partial charge on any atom is 0.00687 e. The van der Waals surface area contributed by atoms with E-state index in [9.17, 15) is 0 Å². The van der Waals surface area contributed by atoms with E-state index in [4.69, 9.17) is 0 Å². The first kappa shape index (κ1) is 28.8. The first-order chi connectivity index (χ1) is 23.3. The van der Waals surface area contributed by atoms with Crippen molar-refractivity contribution in [1.29, 1.82) is 0 Å². The molecule has 0 radical (unpaired) electrons. The molecule has 0 aliphatic rings. The van der Waals surface area contributed by atoms with Gasteiger partial charge in [-0.05, 0) is 97.0 Å². The molecule has 222 valence electrons. The highest BCUT2D eigenvalue weighted by atomic mass is 31.1. The highest BCUT2D eigenvalue weighted by Gasteiger charge is 2.15. The van der Waals surface area contributed by atoms with Gasteiger partial charge in [0.15, 0.2) is 0 Å². The Labute approximate surface area is 277 Å². The molecular formula is C46H33P. The lowest BCUT2D eigenvalue weighted by atomic mass is 9.94. The lowest BCUT2D eigenvalue weighted by molar-refractivity contribution is 1.55. The molecule has 0 saturated heterocycles. The summed E-state index contributed by atoms with van der Waals surface area (Å²) in [5, 5.41) is 6.90. The van der Waals surface area contributed by atoms with E-state index in [1.165, 1.54) is 70.8 Å². The summed E-state index contributed by atoms with van der Waals surface area (Å²) in [6.45, 7) is 0. The molecular weight excluding hydrogens is 583 g/mol. The molecule has 0 spiro atoms. The van der Waals surface area contributed by atoms with Crippen LogP contribution >= 0.6 is 7.53 Å². The zero-order chi connectivity index (χ0) is 31.4. The number of benzene rings is 7. The van der Waals surface area contributed by atoms with Crippen molar-refractivity contribution in [3.05, 3.63) is 221 Å². The van der Waals surface area contributed by atoms with Crippen molar-refractivity contribution in [3.8, 4) is 5.30 Å². The Hall–Kier alpha value is -5.68. The summed E-state index contributed by atoms with van der Waals surface area (Å²) in [4.78, 5) is 0. The fourth-order valence-electron chi connectivity index (χ4n) is 6.56. The van der Waals surface area contributed by atoms with E-state index >= 15 is 0 Å². The van der Waals surface area contributed by atoms with Crippen LogP contribution in [-0.2, 0) is 0 Å². The first-order valence-electron chi connectivity index (χ1n) is 16.1. The van der Waals surface area contributed by atoms with Crippen molar-refractivity contribution in [1.82, 2.24) is 0 Å². The van der Waals surface area contributed by atoms with Crippen LogP contribution in [0.4, 0.5) is 0 Å². The molecule has 0 aliphatic heterocycles. The molecule has 0 atom stereocenters. The molecule has 0 fully saturated rings. The summed E-state index contributed by atoms with van der Waals surface area (Å²) in [6.07, 6.45) is 4.70. The number of hydrogen-bond donors (Lipinski definition) is 0. The smallest absolute Gasteiger partial charge is 0.00687 e. The first-order valence-corrected chi connectivity index (χ1v) is 17.4. The second-order valence-corrected chi connectivity index (χ2v) is 14.0. The third kappa shape index (κ3) is 5.88. The van der Waals surface area contributed by atoms with Gasteiger partial charge in [0, 0.05) is 10.2 Å². The van der Waals surface area contributed by atoms with Gasteiger partial charge in [-0.1, -0.05) is 171 Å². The Balaban J connectivity index is 1.35. The van der Waals surface area contributed by atoms with Gasteiger partial charge in [-0.25, -0.2) is 0 Å². The van der Waals surface area contributed by atoms with E-state index in [1.807, 2.05) is 0 Å². The van der Waals surface area contributed by atoms with Gasteiger partial charge in [0.05, 0.1) is 0 Å². The lowest BCUT2D eigenvalue weighted by Gasteiger charge is -2.10. The summed E-state index contributed by atoms with van der Waals surface area (Å²) in [5.41, 5.74) is 9.72. The fourth-order valence-corrected chi connectivity index (χ4v) is 9.15. The third-order valence-electron chi connectivity index (χ3n) is 8.79. The topological polar surface area (TPSA) is 0 Å². The molecule has 7 aromatic carbocycles. The average Bonchev–Trinajstić information content (AvgIpc) is 3.47. The third-order valence-corrected chi connectivity index (χ3v) is 11.3. The Morgan fingerprint density at radius 2 is 0.660 bits per heavy atom. The van der Waals surface area contributed by atoms with Crippen molar-refractivity contribution < 1.29 is 0 Å². The summed E-state index contributed by atoms with van der Waals surface area (Å²) in [5.74, 6) is 0. The van der Waals surface area contributed by atoms with Crippen LogP contribution in [0.2, 0.25) is 0 Å². The second-order valence-electron chi connectivity index (χ2n) is 11.8. The van der Waals surface area contributed by atoms with Crippen molar-refractivity contribution in [2.24, 2.45) is 0 Å². The predicted molar refractivity (Wildman–Crippen MR) is 205 cm³/mol. The molecule has 1 heterocycles. The highest BCUT2D eigenvalue weighted by molar-refractivity contribution is 7.67. The molecule has 8 aromatic rings. The van der Waals surface area contributed by atoms with Crippen molar-refractivity contribution in [2.45, 2.75) is 0 Å². The van der Waals surface area contributed by atoms with Crippen LogP contribution in [0.1, 0.15) is 33.4 Å². The molecule has 0 N–H and O–H groups in total. The van der Waals surface area contributed by atoms with Crippen LogP contribution in [0.5, 0.6) is 0 Å². The standard InChI is InChI=1S/C46H33P/c1-6-16-36(17-7-1)41(37-18-8-2-9-19-37)30-34-26-28-45-43(32-34)44-33-35(27-29-46(44)47(45)40-24-14-5-15-25-40)31-42(38-20-10-3-11-21-38)39-22-12-4-13-23-39/h1-33H. The molecule has 8 rings (SSSR count). The molecule has 0 aliphatic carbocycles. The maximum atomic E-state index is 2.41. The number of rotatable bonds is 7. The Morgan fingerprint density at radius 1 is 0.340 bits per heavy atom. The van der Waals surface area contributed by atoms with Crippen LogP contribution in [0.25, 0.3) is 49.6 Å². The molecule has 0 bridgehead atoms. The zero-order valence-corrected chi connectivity index (χ0v) is 26.9. The molecule has 1 aromatic heterocycles. The molecule has 0 unspecified atom stereocenters. The minimum absolute atomic E-state index is 0.654. The van der Waals surface area contributed by atoms with Crippen molar-refractivity contribution in [3.63, 3.8) is 0 Å². The monoisotopic (exact) mass is 616 g/mol. The fraction of sp³-hybridized carbons (Fsp3) is 0. The quantitative estimate of drug-likeness (QED) is 0.156. The normalized spacial score (nSPS) is 11.0. The second kappa shape index (κ2) is 13.0. The van der Waals surface area contributed by atoms with Crippen LogP contribution in [0.3, 0.4) is 0 Å². The van der Waals surface area contributed by atoms with E-state index in [0.29, 0.717) is 0 Å². The minimum Gasteiger partial charge on any atom is -0.0772 e. The number of hydrogen-bond acceptors (Lipinski definition) is 0. The summed E-state index contributed by atoms with van der Waals surface area (Å²) in [7, 11) is -0.654. The van der Waals surface area contributed by atoms with Crippen LogP contribution in [0.15, 0.2) is 188 Å². The van der Waals surface area contributed by atoms with Crippen LogP contribution in [-0.4, -0.2) is 0 Å². The van der Waals surface area contributed by atoms with E-state index < -0.39 is 7.53 Å². The minimum atomic E-state index is -0.654. The Bertz CT molecular complexity index is 2110. The van der Waals surface area contributed by atoms with Gasteiger partial charge < -0.3 is 0 Å². The van der Waals surface area contributed by atoms with Crippen molar-refractivity contribution in [2.75, 3.05) is 0 Å². The SMILES string of the molecule is C(=C(c1ccccc1)c1ccccc1)c1ccc2c(c1)c1cc(C=C(c3ccccc3)c3ccccc3)ccc1p2-c1ccccc1. The molecule has 0 amide bonds. The predicted octanol–water partition coefficient (Wildman–Crippen LogP) is 13.1. The summed E-state index contributed by atoms with van der Waals surface area (Å²) in [6, 6.07) is 68.1. The van der Waals surface area contributed by atoms with Gasteiger partial charge in [-0.2, -0.15) is 0 Å². The summed E-state index contributed by atoms with van der Waals surface area (Å²) >= 11 is 0. The van der Waals surface area contributed by atoms with Gasteiger partial charge in [-0.3, -0.25) is 0 Å². The van der Waals surface area contributed by atoms with E-state index in [1.54, 1.807) is 0 Å². The van der Waals surface area contributed by atoms with Gasteiger partial charge in [0.2, 0.25) is 0 Å². The molecule has 0 saturated carbocycles. The summed E-state index contributed by atoms with van der Waals surface area (Å²) < 4.78 is 0. The van der Waals surface area contributed by atoms with Crippen LogP contribution < -0.4 is 0 Å². The Kier molecular flexibility index (Phi) is 7.94. The highest BCUT2D eigenvalue weighted by Crippen LogP contribution is 2.55. The molecule has 47 heavy (non-hydrogen) atoms. The van der Waals surface area contributed by atoms with E-state index in [2.05, 4.69) is 200 Å². The van der Waals surface area contributed by atoms with Gasteiger partial charge >= 0.3 is 0 Å². The van der Waals surface area contributed by atoms with Gasteiger partial charge in [-0.15, -0.1) is 0 Å². The van der Waals surface area contributed by atoms with Gasteiger partial charge in [0.1, 0.15) is 0 Å². The lowest BCUT2D eigenvalue weighted by Crippen LogP contribution is -1.88. The maximum absolute atomic E-state index is 2.41. The van der Waals surface area contributed by atoms with Crippen LogP contribution in [0, 0.1) is 0 Å². The average molecular weight is 617 g/mol. The molecule has 1 heteroatoms. The zero-order valence-electron chi connectivity index (χ0n) is 26.0. The Morgan fingerprint density at radius 3 is 1.00 bits per heavy atom. The number of fused-ring (bicyclic) bond motifs is 3. The van der Waals surface area contributed by atoms with E-state index in [-0.39, 0.29) is 0 Å². The largest absolute Gasteiger partial charge is 0.0772 e. The molecule has 0 nitrogen and oxygen atoms in total. The van der Waals surface area contributed by atoms with E-state index in [0.717, 1.165) is 0 Å². The van der Waals surface area contributed by atoms with Gasteiger partial charge in [0.25, 0.3) is 0 Å².